The van der Waals surface area contributed by atoms with E-state index in [0.717, 1.165) is 29.9 Å². The zero-order chi connectivity index (χ0) is 17.2. The van der Waals surface area contributed by atoms with Crippen LogP contribution in [0.5, 0.6) is 11.5 Å². The first-order valence-electron chi connectivity index (χ1n) is 8.42. The molecule has 2 aromatic rings. The minimum Gasteiger partial charge on any atom is -0.454 e. The summed E-state index contributed by atoms with van der Waals surface area (Å²) in [5.41, 5.74) is 7.45. The zero-order valence-electron chi connectivity index (χ0n) is 14.0. The first-order chi connectivity index (χ1) is 12.2. The maximum atomic E-state index is 12.3. The molecule has 6 nitrogen and oxygen atoms in total. The Balaban J connectivity index is 1.25. The topological polar surface area (TPSA) is 71.6 Å². The lowest BCUT2D eigenvalue weighted by atomic mass is 10.1. The van der Waals surface area contributed by atoms with Gasteiger partial charge >= 0.3 is 0 Å². The van der Waals surface area contributed by atoms with E-state index in [0.29, 0.717) is 6.54 Å². The highest BCUT2D eigenvalue weighted by Gasteiger charge is 2.30. The largest absolute Gasteiger partial charge is 0.454 e. The number of carbonyl (C=O) groups is 1. The van der Waals surface area contributed by atoms with E-state index in [4.69, 9.17) is 9.47 Å². The summed E-state index contributed by atoms with van der Waals surface area (Å²) >= 11 is 1.77. The molecule has 1 saturated heterocycles. The second-order valence-electron chi connectivity index (χ2n) is 6.31. The summed E-state index contributed by atoms with van der Waals surface area (Å²) in [6.45, 7) is 2.97. The average molecular weight is 359 g/mol. The van der Waals surface area contributed by atoms with Gasteiger partial charge < -0.3 is 14.8 Å². The number of hydrazine groups is 1. The van der Waals surface area contributed by atoms with Crippen LogP contribution in [0.3, 0.4) is 0 Å². The van der Waals surface area contributed by atoms with E-state index in [1.807, 2.05) is 18.2 Å². The molecule has 2 aliphatic heterocycles. The van der Waals surface area contributed by atoms with Gasteiger partial charge in [0.2, 0.25) is 12.7 Å². The highest BCUT2D eigenvalue weighted by Crippen LogP contribution is 2.32. The highest BCUT2D eigenvalue weighted by molar-refractivity contribution is 7.12. The minimum atomic E-state index is -0.204. The number of fused-ring (bicyclic) bond motifs is 1. The molecule has 0 saturated carbocycles. The number of carbonyl (C=O) groups excluding carboxylic acids is 1. The summed E-state index contributed by atoms with van der Waals surface area (Å²) in [5, 5.41) is 3.01. The van der Waals surface area contributed by atoms with E-state index in [2.05, 4.69) is 35.2 Å². The number of aryl methyl sites for hydroxylation is 1. The van der Waals surface area contributed by atoms with Crippen molar-refractivity contribution in [3.05, 3.63) is 45.6 Å². The Bertz CT molecular complexity index is 777. The molecule has 2 unspecified atom stereocenters. The van der Waals surface area contributed by atoms with Crippen LogP contribution in [0.15, 0.2) is 30.3 Å². The van der Waals surface area contributed by atoms with Gasteiger partial charge in [-0.3, -0.25) is 4.79 Å². The van der Waals surface area contributed by atoms with Crippen molar-refractivity contribution in [3.63, 3.8) is 0 Å². The van der Waals surface area contributed by atoms with E-state index < -0.39 is 0 Å². The van der Waals surface area contributed by atoms with Crippen LogP contribution in [0, 0.1) is 6.92 Å². The summed E-state index contributed by atoms with van der Waals surface area (Å²) in [6.07, 6.45) is 1.52. The Morgan fingerprint density at radius 1 is 1.24 bits per heavy atom. The van der Waals surface area contributed by atoms with Crippen LogP contribution < -0.4 is 25.6 Å². The SMILES string of the molecule is Cc1ccc(C2CC(C(=O)NCCc3ccc4c(c3)OCO4)NN2)s1. The normalized spacial score (nSPS) is 21.5. The van der Waals surface area contributed by atoms with Crippen molar-refractivity contribution in [2.45, 2.75) is 31.8 Å². The van der Waals surface area contributed by atoms with Gasteiger partial charge in [-0.2, -0.15) is 0 Å². The molecule has 2 aliphatic rings. The Morgan fingerprint density at radius 2 is 2.12 bits per heavy atom. The number of nitrogens with one attached hydrogen (secondary N) is 3. The predicted molar refractivity (Wildman–Crippen MR) is 95.8 cm³/mol. The zero-order valence-corrected chi connectivity index (χ0v) is 14.8. The van der Waals surface area contributed by atoms with Gasteiger partial charge in [0.15, 0.2) is 11.5 Å². The molecule has 0 bridgehead atoms. The average Bonchev–Trinajstić information content (AvgIpc) is 3.34. The molecule has 0 radical (unpaired) electrons. The maximum absolute atomic E-state index is 12.3. The van der Waals surface area contributed by atoms with Gasteiger partial charge in [-0.1, -0.05) is 6.07 Å². The smallest absolute Gasteiger partial charge is 0.238 e. The molecule has 3 heterocycles. The molecule has 3 N–H and O–H groups in total. The lowest BCUT2D eigenvalue weighted by molar-refractivity contribution is -0.122. The van der Waals surface area contributed by atoms with Crippen LogP contribution in [0.1, 0.15) is 27.8 Å². The monoisotopic (exact) mass is 359 g/mol. The van der Waals surface area contributed by atoms with Crippen LogP contribution in [0.4, 0.5) is 0 Å². The molecule has 4 rings (SSSR count). The molecule has 1 fully saturated rings. The molecule has 1 aromatic heterocycles. The number of benzene rings is 1. The van der Waals surface area contributed by atoms with Crippen LogP contribution in [0.2, 0.25) is 0 Å². The van der Waals surface area contributed by atoms with Gasteiger partial charge in [0.05, 0.1) is 6.04 Å². The van der Waals surface area contributed by atoms with Crippen LogP contribution in [0.25, 0.3) is 0 Å². The lowest BCUT2D eigenvalue weighted by Crippen LogP contribution is -2.43. The molecule has 7 heteroatoms. The quantitative estimate of drug-likeness (QED) is 0.762. The fraction of sp³-hybridized carbons (Fsp3) is 0.389. The van der Waals surface area contributed by atoms with Crippen molar-refractivity contribution in [3.8, 4) is 11.5 Å². The Labute approximate surface area is 150 Å². The fourth-order valence-corrected chi connectivity index (χ4v) is 4.05. The van der Waals surface area contributed by atoms with Crippen molar-refractivity contribution >= 4 is 17.2 Å². The predicted octanol–water partition coefficient (Wildman–Crippen LogP) is 2.05. The van der Waals surface area contributed by atoms with E-state index >= 15 is 0 Å². The lowest BCUT2D eigenvalue weighted by Gasteiger charge is -2.10. The minimum absolute atomic E-state index is 0.0315. The summed E-state index contributed by atoms with van der Waals surface area (Å²) in [6, 6.07) is 10.1. The first-order valence-corrected chi connectivity index (χ1v) is 9.24. The summed E-state index contributed by atoms with van der Waals surface area (Å²) < 4.78 is 10.7. The summed E-state index contributed by atoms with van der Waals surface area (Å²) in [4.78, 5) is 14.9. The van der Waals surface area contributed by atoms with Gasteiger partial charge in [0, 0.05) is 16.3 Å². The van der Waals surface area contributed by atoms with Crippen molar-refractivity contribution in [2.24, 2.45) is 0 Å². The second-order valence-corrected chi connectivity index (χ2v) is 7.63. The Kier molecular flexibility index (Phi) is 4.61. The first kappa shape index (κ1) is 16.4. The fourth-order valence-electron chi connectivity index (χ4n) is 3.11. The Morgan fingerprint density at radius 3 is 2.96 bits per heavy atom. The molecular formula is C18H21N3O3S. The Hall–Kier alpha value is -2.09. The molecule has 25 heavy (non-hydrogen) atoms. The number of hydrogen-bond acceptors (Lipinski definition) is 6. The van der Waals surface area contributed by atoms with Gasteiger partial charge in [-0.15, -0.1) is 11.3 Å². The van der Waals surface area contributed by atoms with Gasteiger partial charge in [-0.05, 0) is 49.6 Å². The van der Waals surface area contributed by atoms with Gasteiger partial charge in [0.25, 0.3) is 0 Å². The molecule has 0 aliphatic carbocycles. The molecule has 2 atom stereocenters. The number of rotatable bonds is 5. The van der Waals surface area contributed by atoms with Crippen LogP contribution in [-0.4, -0.2) is 25.3 Å². The van der Waals surface area contributed by atoms with Crippen LogP contribution >= 0.6 is 11.3 Å². The van der Waals surface area contributed by atoms with E-state index in [-0.39, 0.29) is 24.8 Å². The van der Waals surface area contributed by atoms with E-state index in [1.54, 1.807) is 11.3 Å². The van der Waals surface area contributed by atoms with E-state index in [1.165, 1.54) is 9.75 Å². The summed E-state index contributed by atoms with van der Waals surface area (Å²) in [5.74, 6) is 1.59. The third kappa shape index (κ3) is 3.63. The maximum Gasteiger partial charge on any atom is 0.238 e. The van der Waals surface area contributed by atoms with E-state index in [9.17, 15) is 4.79 Å². The molecule has 0 spiro atoms. The number of thiophene rings is 1. The summed E-state index contributed by atoms with van der Waals surface area (Å²) in [7, 11) is 0. The molecular weight excluding hydrogens is 338 g/mol. The number of ether oxygens (including phenoxy) is 2. The van der Waals surface area contributed by atoms with Gasteiger partial charge in [0.1, 0.15) is 6.04 Å². The third-order valence-corrected chi connectivity index (χ3v) is 5.59. The standard InChI is InChI=1S/C18H21N3O3S/c1-11-2-5-17(25-11)13-9-14(21-20-13)18(22)19-7-6-12-3-4-15-16(8-12)24-10-23-15/h2-5,8,13-14,20-21H,6-7,9-10H2,1H3,(H,19,22). The van der Waals surface area contributed by atoms with Crippen molar-refractivity contribution in [2.75, 3.05) is 13.3 Å². The van der Waals surface area contributed by atoms with Crippen molar-refractivity contribution < 1.29 is 14.3 Å². The molecule has 132 valence electrons. The van der Waals surface area contributed by atoms with Crippen LogP contribution in [-0.2, 0) is 11.2 Å². The number of amides is 1. The third-order valence-electron chi connectivity index (χ3n) is 4.47. The second kappa shape index (κ2) is 7.03. The number of hydrogen-bond donors (Lipinski definition) is 3. The van der Waals surface area contributed by atoms with Crippen molar-refractivity contribution in [1.29, 1.82) is 0 Å². The van der Waals surface area contributed by atoms with Crippen molar-refractivity contribution in [1.82, 2.24) is 16.2 Å². The van der Waals surface area contributed by atoms with Gasteiger partial charge in [-0.25, -0.2) is 10.9 Å². The highest BCUT2D eigenvalue weighted by atomic mass is 32.1. The molecule has 1 amide bonds. The molecule has 1 aromatic carbocycles.